The third kappa shape index (κ3) is 4.29. The van der Waals surface area contributed by atoms with E-state index in [0.717, 1.165) is 50.5 Å². The van der Waals surface area contributed by atoms with Crippen LogP contribution in [-0.2, 0) is 19.0 Å². The lowest BCUT2D eigenvalue weighted by atomic mass is 9.37. The minimum Gasteiger partial charge on any atom is -0.462 e. The summed E-state index contributed by atoms with van der Waals surface area (Å²) in [7, 11) is 0. The molecule has 4 fully saturated rings. The van der Waals surface area contributed by atoms with Gasteiger partial charge < -0.3 is 24.4 Å². The summed E-state index contributed by atoms with van der Waals surface area (Å²) in [6.45, 7) is 21.6. The molecular formula is C34H54O6. The fraction of sp³-hybridized carbons (Fsp3) is 0.853. The first kappa shape index (κ1) is 30.3. The van der Waals surface area contributed by atoms with E-state index in [-0.39, 0.29) is 58.0 Å². The summed E-state index contributed by atoms with van der Waals surface area (Å²) in [5.74, 6) is 0.957. The normalized spacial score (nSPS) is 48.4. The van der Waals surface area contributed by atoms with Crippen LogP contribution in [0.2, 0.25) is 0 Å². The summed E-state index contributed by atoms with van der Waals surface area (Å²) in [5.41, 5.74) is 1.69. The van der Waals surface area contributed by atoms with Gasteiger partial charge in [-0.3, -0.25) is 4.79 Å². The Morgan fingerprint density at radius 2 is 1.82 bits per heavy atom. The van der Waals surface area contributed by atoms with Gasteiger partial charge in [0.05, 0.1) is 12.2 Å². The second-order valence-electron chi connectivity index (χ2n) is 15.2. The Labute approximate surface area is 241 Å². The molecule has 3 saturated carbocycles. The molecular weight excluding hydrogens is 504 g/mol. The zero-order chi connectivity index (χ0) is 29.4. The highest BCUT2D eigenvalue weighted by atomic mass is 16.7. The SMILES string of the molecule is C=C(C)C(O)C1CC(C2CC=C3C2(C)CCC2C4(C)CCC(OC(C)=O)C(C)(C)C4CC(O)C32C)C(OCC)O1. The van der Waals surface area contributed by atoms with Crippen LogP contribution in [0.25, 0.3) is 0 Å². The largest absolute Gasteiger partial charge is 0.462 e. The molecule has 40 heavy (non-hydrogen) atoms. The lowest BCUT2D eigenvalue weighted by molar-refractivity contribution is -0.221. The van der Waals surface area contributed by atoms with E-state index >= 15 is 0 Å². The van der Waals surface area contributed by atoms with E-state index in [1.165, 1.54) is 12.5 Å². The zero-order valence-electron chi connectivity index (χ0n) is 26.2. The molecule has 0 amide bonds. The summed E-state index contributed by atoms with van der Waals surface area (Å²) in [4.78, 5) is 11.9. The van der Waals surface area contributed by atoms with E-state index in [2.05, 4.69) is 47.3 Å². The number of carbonyl (C=O) groups excluding carboxylic acids is 1. The van der Waals surface area contributed by atoms with Crippen molar-refractivity contribution in [3.63, 3.8) is 0 Å². The van der Waals surface area contributed by atoms with Crippen LogP contribution in [0, 0.1) is 45.3 Å². The maximum atomic E-state index is 12.1. The zero-order valence-corrected chi connectivity index (χ0v) is 26.2. The van der Waals surface area contributed by atoms with Crippen molar-refractivity contribution in [2.45, 2.75) is 131 Å². The number of hydrogen-bond donors (Lipinski definition) is 2. The fourth-order valence-electron chi connectivity index (χ4n) is 10.9. The van der Waals surface area contributed by atoms with Gasteiger partial charge in [0, 0.05) is 30.3 Å². The molecule has 6 heteroatoms. The van der Waals surface area contributed by atoms with Gasteiger partial charge in [-0.05, 0) is 93.0 Å². The Hall–Kier alpha value is -1.21. The molecule has 0 aromatic rings. The van der Waals surface area contributed by atoms with Gasteiger partial charge in [-0.2, -0.15) is 0 Å². The van der Waals surface area contributed by atoms with Crippen molar-refractivity contribution in [1.82, 2.24) is 0 Å². The highest BCUT2D eigenvalue weighted by Crippen LogP contribution is 2.73. The van der Waals surface area contributed by atoms with Crippen molar-refractivity contribution in [3.05, 3.63) is 23.8 Å². The molecule has 6 nitrogen and oxygen atoms in total. The molecule has 0 aromatic heterocycles. The highest BCUT2D eigenvalue weighted by Gasteiger charge is 2.69. The molecule has 5 rings (SSSR count). The number of allylic oxidation sites excluding steroid dienone is 1. The summed E-state index contributed by atoms with van der Waals surface area (Å²) in [5, 5.41) is 22.9. The molecule has 1 heterocycles. The van der Waals surface area contributed by atoms with E-state index in [9.17, 15) is 15.0 Å². The molecule has 4 aliphatic carbocycles. The molecule has 12 unspecified atom stereocenters. The fourth-order valence-corrected chi connectivity index (χ4v) is 10.9. The maximum absolute atomic E-state index is 12.1. The molecule has 0 spiro atoms. The van der Waals surface area contributed by atoms with E-state index < -0.39 is 12.2 Å². The number of esters is 1. The molecule has 5 aliphatic rings. The van der Waals surface area contributed by atoms with Gasteiger partial charge in [0.1, 0.15) is 12.2 Å². The number of aliphatic hydroxyl groups excluding tert-OH is 2. The van der Waals surface area contributed by atoms with Crippen LogP contribution in [0.15, 0.2) is 23.8 Å². The predicted molar refractivity (Wildman–Crippen MR) is 155 cm³/mol. The third-order valence-corrected chi connectivity index (χ3v) is 12.9. The first-order chi connectivity index (χ1) is 18.6. The predicted octanol–water partition coefficient (Wildman–Crippen LogP) is 6.20. The lowest BCUT2D eigenvalue weighted by Crippen LogP contribution is -2.65. The molecule has 0 aromatic carbocycles. The number of carbonyl (C=O) groups is 1. The Morgan fingerprint density at radius 1 is 1.12 bits per heavy atom. The quantitative estimate of drug-likeness (QED) is 0.298. The Kier molecular flexibility index (Phi) is 7.72. The van der Waals surface area contributed by atoms with Crippen molar-refractivity contribution < 1.29 is 29.2 Å². The molecule has 0 bridgehead atoms. The van der Waals surface area contributed by atoms with Gasteiger partial charge >= 0.3 is 5.97 Å². The first-order valence-corrected chi connectivity index (χ1v) is 15.8. The average molecular weight is 559 g/mol. The minimum absolute atomic E-state index is 0.0493. The van der Waals surface area contributed by atoms with Crippen LogP contribution in [0.1, 0.15) is 100 Å². The molecule has 12 atom stereocenters. The van der Waals surface area contributed by atoms with Gasteiger partial charge in [-0.1, -0.05) is 52.8 Å². The monoisotopic (exact) mass is 558 g/mol. The summed E-state index contributed by atoms with van der Waals surface area (Å²) in [6.07, 6.45) is 7.07. The number of fused-ring (bicyclic) bond motifs is 5. The van der Waals surface area contributed by atoms with Crippen molar-refractivity contribution in [2.24, 2.45) is 45.3 Å². The van der Waals surface area contributed by atoms with Crippen molar-refractivity contribution in [3.8, 4) is 0 Å². The Morgan fingerprint density at radius 3 is 2.45 bits per heavy atom. The van der Waals surface area contributed by atoms with E-state index in [1.54, 1.807) is 0 Å². The minimum atomic E-state index is -0.689. The van der Waals surface area contributed by atoms with Gasteiger partial charge in [0.2, 0.25) is 0 Å². The Bertz CT molecular complexity index is 1050. The second-order valence-corrected chi connectivity index (χ2v) is 15.2. The summed E-state index contributed by atoms with van der Waals surface area (Å²) in [6, 6.07) is 0. The lowest BCUT2D eigenvalue weighted by Gasteiger charge is -2.68. The third-order valence-electron chi connectivity index (χ3n) is 12.9. The number of rotatable bonds is 6. The van der Waals surface area contributed by atoms with E-state index in [4.69, 9.17) is 14.2 Å². The molecule has 0 radical (unpaired) electrons. The van der Waals surface area contributed by atoms with Crippen LogP contribution < -0.4 is 0 Å². The maximum Gasteiger partial charge on any atom is 0.302 e. The van der Waals surface area contributed by atoms with Crippen LogP contribution >= 0.6 is 0 Å². The Balaban J connectivity index is 1.44. The van der Waals surface area contributed by atoms with Crippen molar-refractivity contribution in [2.75, 3.05) is 6.61 Å². The van der Waals surface area contributed by atoms with Crippen molar-refractivity contribution >= 4 is 5.97 Å². The molecule has 2 N–H and O–H groups in total. The summed E-state index contributed by atoms with van der Waals surface area (Å²) >= 11 is 0. The van der Waals surface area contributed by atoms with Crippen LogP contribution in [0.4, 0.5) is 0 Å². The summed E-state index contributed by atoms with van der Waals surface area (Å²) < 4.78 is 18.3. The van der Waals surface area contributed by atoms with Gasteiger partial charge in [-0.25, -0.2) is 0 Å². The molecule has 226 valence electrons. The van der Waals surface area contributed by atoms with Crippen molar-refractivity contribution in [1.29, 1.82) is 0 Å². The number of aliphatic hydroxyl groups is 2. The van der Waals surface area contributed by atoms with Gasteiger partial charge in [0.25, 0.3) is 0 Å². The van der Waals surface area contributed by atoms with E-state index in [0.29, 0.717) is 18.4 Å². The smallest absolute Gasteiger partial charge is 0.302 e. The number of hydrogen-bond acceptors (Lipinski definition) is 6. The van der Waals surface area contributed by atoms with Crippen LogP contribution in [-0.4, -0.2) is 53.5 Å². The second kappa shape index (κ2) is 10.2. The van der Waals surface area contributed by atoms with E-state index in [1.807, 2.05) is 13.8 Å². The van der Waals surface area contributed by atoms with Crippen LogP contribution in [0.5, 0.6) is 0 Å². The number of ether oxygens (including phenoxy) is 3. The molecule has 1 aliphatic heterocycles. The standard InChI is InChI=1S/C34H54O6/c1-10-38-30-21(17-23(40-30)29(37)19(2)3)22-11-12-24-32(22,7)15-13-25-33(8)16-14-28(39-20(4)35)31(5,6)26(33)18-27(36)34(24,25)9/h12,21-23,25-30,36-37H,2,10-11,13-18H2,1,3-9H3. The van der Waals surface area contributed by atoms with Gasteiger partial charge in [0.15, 0.2) is 6.29 Å². The van der Waals surface area contributed by atoms with Crippen LogP contribution in [0.3, 0.4) is 0 Å². The topological polar surface area (TPSA) is 85.2 Å². The highest BCUT2D eigenvalue weighted by molar-refractivity contribution is 5.66. The molecule has 1 saturated heterocycles. The first-order valence-electron chi connectivity index (χ1n) is 15.8. The van der Waals surface area contributed by atoms with Gasteiger partial charge in [-0.15, -0.1) is 0 Å². The average Bonchev–Trinajstić information content (AvgIpc) is 3.43.